The fraction of sp³-hybridized carbons (Fsp3) is 0.222. The molecule has 35 heavy (non-hydrogen) atoms. The number of hydrogen-bond donors (Lipinski definition) is 1. The van der Waals surface area contributed by atoms with Crippen molar-refractivity contribution < 1.29 is 4.79 Å². The second kappa shape index (κ2) is 11.0. The summed E-state index contributed by atoms with van der Waals surface area (Å²) in [5, 5.41) is 3.41. The summed E-state index contributed by atoms with van der Waals surface area (Å²) in [6.45, 7) is 2.93. The van der Waals surface area contributed by atoms with Crippen molar-refractivity contribution in [3.8, 4) is 0 Å². The molecular formula is C27H24BrClN4OS. The van der Waals surface area contributed by atoms with Crippen LogP contribution in [0.3, 0.4) is 0 Å². The Morgan fingerprint density at radius 1 is 1.14 bits per heavy atom. The molecule has 1 aliphatic rings. The Balaban J connectivity index is 1.29. The van der Waals surface area contributed by atoms with Crippen LogP contribution in [0.5, 0.6) is 0 Å². The standard InChI is InChI=1S/C27H24BrClN4OS/c28-21-5-3-18(4-6-21)2-1-13-33-14-10-19(11-15-33)25-22(7-8-23-26(25)31-17-35-23)32-27(34)20-9-12-30-24(29)16-20/h1-9,12,16-17,19H,10-11,13-15H2,(H,32,34)/b2-1+. The summed E-state index contributed by atoms with van der Waals surface area (Å²) in [7, 11) is 0. The molecular weight excluding hydrogens is 544 g/mol. The van der Waals surface area contributed by atoms with Gasteiger partial charge in [0.1, 0.15) is 5.15 Å². The quantitative estimate of drug-likeness (QED) is 0.249. The van der Waals surface area contributed by atoms with E-state index in [2.05, 4.69) is 72.5 Å². The van der Waals surface area contributed by atoms with Gasteiger partial charge >= 0.3 is 0 Å². The van der Waals surface area contributed by atoms with Gasteiger partial charge in [0.2, 0.25) is 0 Å². The third kappa shape index (κ3) is 5.81. The zero-order chi connectivity index (χ0) is 24.2. The highest BCUT2D eigenvalue weighted by atomic mass is 79.9. The molecule has 2 aromatic carbocycles. The zero-order valence-corrected chi connectivity index (χ0v) is 22.1. The zero-order valence-electron chi connectivity index (χ0n) is 19.0. The van der Waals surface area contributed by atoms with Gasteiger partial charge < -0.3 is 5.32 Å². The molecule has 5 rings (SSSR count). The molecule has 178 valence electrons. The molecule has 0 unspecified atom stereocenters. The number of amides is 1. The Labute approximate surface area is 222 Å². The minimum Gasteiger partial charge on any atom is -0.322 e. The molecule has 1 amide bonds. The lowest BCUT2D eigenvalue weighted by Crippen LogP contribution is -2.33. The van der Waals surface area contributed by atoms with Crippen LogP contribution in [0.25, 0.3) is 16.3 Å². The fourth-order valence-electron chi connectivity index (χ4n) is 4.53. The molecule has 1 N–H and O–H groups in total. The van der Waals surface area contributed by atoms with Gasteiger partial charge in [0, 0.05) is 34.0 Å². The summed E-state index contributed by atoms with van der Waals surface area (Å²) >= 11 is 11.1. The van der Waals surface area contributed by atoms with Crippen LogP contribution >= 0.6 is 38.9 Å². The normalized spacial score (nSPS) is 15.1. The number of pyridine rings is 1. The van der Waals surface area contributed by atoms with Crippen LogP contribution in [-0.2, 0) is 0 Å². The van der Waals surface area contributed by atoms with Gasteiger partial charge in [0.05, 0.1) is 15.7 Å². The first kappa shape index (κ1) is 24.1. The van der Waals surface area contributed by atoms with Gasteiger partial charge in [0.25, 0.3) is 5.91 Å². The van der Waals surface area contributed by atoms with Gasteiger partial charge in [-0.25, -0.2) is 9.97 Å². The molecule has 1 saturated heterocycles. The average Bonchev–Trinajstić information content (AvgIpc) is 3.35. The minimum absolute atomic E-state index is 0.194. The lowest BCUT2D eigenvalue weighted by Gasteiger charge is -2.32. The second-order valence-electron chi connectivity index (χ2n) is 8.58. The Kier molecular flexibility index (Phi) is 7.58. The highest BCUT2D eigenvalue weighted by molar-refractivity contribution is 9.10. The van der Waals surface area contributed by atoms with E-state index >= 15 is 0 Å². The Morgan fingerprint density at radius 3 is 2.71 bits per heavy atom. The molecule has 0 aliphatic carbocycles. The molecule has 0 saturated carbocycles. The smallest absolute Gasteiger partial charge is 0.255 e. The molecule has 4 aromatic rings. The van der Waals surface area contributed by atoms with E-state index in [1.54, 1.807) is 29.7 Å². The summed E-state index contributed by atoms with van der Waals surface area (Å²) in [5.41, 5.74) is 6.53. The van der Waals surface area contributed by atoms with E-state index in [0.717, 1.165) is 58.4 Å². The second-order valence-corrected chi connectivity index (χ2v) is 10.8. The largest absolute Gasteiger partial charge is 0.322 e. The van der Waals surface area contributed by atoms with Crippen molar-refractivity contribution in [3.05, 3.63) is 92.6 Å². The molecule has 8 heteroatoms. The van der Waals surface area contributed by atoms with Crippen molar-refractivity contribution in [2.45, 2.75) is 18.8 Å². The van der Waals surface area contributed by atoms with Gasteiger partial charge in [-0.15, -0.1) is 11.3 Å². The molecule has 0 spiro atoms. The van der Waals surface area contributed by atoms with Gasteiger partial charge in [0.15, 0.2) is 0 Å². The highest BCUT2D eigenvalue weighted by Gasteiger charge is 2.26. The number of piperidine rings is 1. The van der Waals surface area contributed by atoms with Crippen LogP contribution in [0.15, 0.2) is 70.8 Å². The number of halogens is 2. The number of nitrogens with zero attached hydrogens (tertiary/aromatic N) is 3. The van der Waals surface area contributed by atoms with Crippen molar-refractivity contribution in [2.75, 3.05) is 25.0 Å². The Hall–Kier alpha value is -2.58. The Morgan fingerprint density at radius 2 is 1.94 bits per heavy atom. The van der Waals surface area contributed by atoms with Crippen LogP contribution in [0.4, 0.5) is 5.69 Å². The van der Waals surface area contributed by atoms with Crippen molar-refractivity contribution >= 4 is 66.8 Å². The van der Waals surface area contributed by atoms with E-state index in [-0.39, 0.29) is 5.91 Å². The van der Waals surface area contributed by atoms with Crippen LogP contribution in [0.2, 0.25) is 5.15 Å². The number of rotatable bonds is 6. The third-order valence-electron chi connectivity index (χ3n) is 6.32. The van der Waals surface area contributed by atoms with Crippen LogP contribution in [0.1, 0.15) is 40.2 Å². The van der Waals surface area contributed by atoms with Crippen molar-refractivity contribution in [2.24, 2.45) is 0 Å². The number of aromatic nitrogens is 2. The summed E-state index contributed by atoms with van der Waals surface area (Å²) in [4.78, 5) is 24.1. The minimum atomic E-state index is -0.194. The van der Waals surface area contributed by atoms with E-state index < -0.39 is 0 Å². The molecule has 1 aliphatic heterocycles. The number of carbonyl (C=O) groups excluding carboxylic acids is 1. The number of likely N-dealkylation sites (tertiary alicyclic amines) is 1. The maximum atomic E-state index is 12.9. The number of anilines is 1. The topological polar surface area (TPSA) is 58.1 Å². The number of benzene rings is 2. The number of hydrogen-bond acceptors (Lipinski definition) is 5. The van der Waals surface area contributed by atoms with Gasteiger partial charge in [-0.05, 0) is 73.8 Å². The van der Waals surface area contributed by atoms with Gasteiger partial charge in [-0.2, -0.15) is 0 Å². The average molecular weight is 568 g/mol. The number of carbonyl (C=O) groups is 1. The lowest BCUT2D eigenvalue weighted by molar-refractivity contribution is 0.102. The first-order valence-electron chi connectivity index (χ1n) is 11.5. The third-order valence-corrected chi connectivity index (χ3v) is 7.85. The van der Waals surface area contributed by atoms with E-state index in [1.807, 2.05) is 17.6 Å². The molecule has 0 radical (unpaired) electrons. The summed E-state index contributed by atoms with van der Waals surface area (Å²) < 4.78 is 2.23. The molecule has 2 aromatic heterocycles. The van der Waals surface area contributed by atoms with E-state index in [1.165, 1.54) is 5.56 Å². The van der Waals surface area contributed by atoms with Gasteiger partial charge in [-0.3, -0.25) is 9.69 Å². The van der Waals surface area contributed by atoms with E-state index in [9.17, 15) is 4.79 Å². The number of nitrogens with one attached hydrogen (secondary N) is 1. The predicted octanol–water partition coefficient (Wildman–Crippen LogP) is 7.25. The summed E-state index contributed by atoms with van der Waals surface area (Å²) in [5.74, 6) is 0.143. The first-order chi connectivity index (χ1) is 17.1. The van der Waals surface area contributed by atoms with Crippen molar-refractivity contribution in [1.29, 1.82) is 0 Å². The number of thiazole rings is 1. The van der Waals surface area contributed by atoms with Crippen LogP contribution in [0, 0.1) is 0 Å². The van der Waals surface area contributed by atoms with Crippen LogP contribution < -0.4 is 5.32 Å². The van der Waals surface area contributed by atoms with Crippen molar-refractivity contribution in [3.63, 3.8) is 0 Å². The SMILES string of the molecule is O=C(Nc1ccc2scnc2c1C1CCN(C/C=C/c2ccc(Br)cc2)CC1)c1ccnc(Cl)c1. The molecule has 0 atom stereocenters. The van der Waals surface area contributed by atoms with Gasteiger partial charge in [-0.1, -0.05) is 51.8 Å². The van der Waals surface area contributed by atoms with E-state index in [4.69, 9.17) is 11.6 Å². The maximum absolute atomic E-state index is 12.9. The number of fused-ring (bicyclic) bond motifs is 1. The monoisotopic (exact) mass is 566 g/mol. The predicted molar refractivity (Wildman–Crippen MR) is 148 cm³/mol. The molecule has 5 nitrogen and oxygen atoms in total. The fourth-order valence-corrected chi connectivity index (χ4v) is 5.66. The Bertz CT molecular complexity index is 1360. The van der Waals surface area contributed by atoms with Crippen molar-refractivity contribution in [1.82, 2.24) is 14.9 Å². The first-order valence-corrected chi connectivity index (χ1v) is 13.6. The molecule has 0 bridgehead atoms. The highest BCUT2D eigenvalue weighted by Crippen LogP contribution is 2.39. The van der Waals surface area contributed by atoms with E-state index in [0.29, 0.717) is 16.6 Å². The van der Waals surface area contributed by atoms with Crippen LogP contribution in [-0.4, -0.2) is 40.4 Å². The summed E-state index contributed by atoms with van der Waals surface area (Å²) in [6, 6.07) is 15.6. The molecule has 1 fully saturated rings. The maximum Gasteiger partial charge on any atom is 0.255 e. The molecule has 3 heterocycles. The lowest BCUT2D eigenvalue weighted by atomic mass is 9.87. The summed E-state index contributed by atoms with van der Waals surface area (Å²) in [6.07, 6.45) is 7.99.